The number of nitrogens with zero attached hydrogens (tertiary/aromatic N) is 1. The van der Waals surface area contributed by atoms with Crippen molar-refractivity contribution in [1.82, 2.24) is 10.2 Å². The van der Waals surface area contributed by atoms with Crippen LogP contribution in [0.3, 0.4) is 0 Å². The van der Waals surface area contributed by atoms with Crippen LogP contribution in [0.2, 0.25) is 0 Å². The zero-order valence-electron chi connectivity index (χ0n) is 11.6. The molecule has 1 heterocycles. The van der Waals surface area contributed by atoms with Gasteiger partial charge in [-0.25, -0.2) is 0 Å². The normalized spacial score (nSPS) is 21.2. The van der Waals surface area contributed by atoms with E-state index < -0.39 is 0 Å². The third-order valence-electron chi connectivity index (χ3n) is 4.33. The lowest BCUT2D eigenvalue weighted by Crippen LogP contribution is -2.47. The molecular weight excluding hydrogens is 406 g/mol. The van der Waals surface area contributed by atoms with Crippen LogP contribution in [0.5, 0.6) is 0 Å². The zero-order chi connectivity index (χ0) is 12.4. The molecule has 1 N–H and O–H groups in total. The Bertz CT molecular complexity index is 407. The second kappa shape index (κ2) is 8.79. The van der Waals surface area contributed by atoms with Crippen molar-refractivity contribution in [2.45, 2.75) is 25.3 Å². The Kier molecular flexibility index (Phi) is 8.13. The van der Waals surface area contributed by atoms with Crippen LogP contribution in [0.15, 0.2) is 24.3 Å². The Labute approximate surface area is 148 Å². The number of halogens is 3. The summed E-state index contributed by atoms with van der Waals surface area (Å²) >= 11 is 2.43. The van der Waals surface area contributed by atoms with Crippen molar-refractivity contribution < 1.29 is 0 Å². The smallest absolute Gasteiger partial charge is 0.0377 e. The molecule has 0 bridgehead atoms. The summed E-state index contributed by atoms with van der Waals surface area (Å²) in [5.41, 5.74) is 1.54. The van der Waals surface area contributed by atoms with E-state index >= 15 is 0 Å². The van der Waals surface area contributed by atoms with Crippen molar-refractivity contribution in [3.8, 4) is 0 Å². The van der Waals surface area contributed by atoms with Gasteiger partial charge in [0, 0.05) is 35.8 Å². The van der Waals surface area contributed by atoms with Crippen LogP contribution in [0.25, 0.3) is 0 Å². The van der Waals surface area contributed by atoms with E-state index in [1.54, 1.807) is 0 Å². The standard InChI is InChI=1S/C15H21IN2.2ClH/c16-14-6-2-5-13(11-14)15(12-3-1-4-12)18-9-7-17-8-10-18;;/h2,5-6,11-12,15,17H,1,3-4,7-10H2;2*1H/t15-;;/m1../s1. The molecule has 0 spiro atoms. The molecule has 5 heteroatoms. The largest absolute Gasteiger partial charge is 0.314 e. The summed E-state index contributed by atoms with van der Waals surface area (Å²) in [6.07, 6.45) is 4.26. The van der Waals surface area contributed by atoms with E-state index in [-0.39, 0.29) is 24.8 Å². The van der Waals surface area contributed by atoms with Gasteiger partial charge in [0.05, 0.1) is 0 Å². The van der Waals surface area contributed by atoms with Crippen LogP contribution < -0.4 is 5.32 Å². The van der Waals surface area contributed by atoms with Gasteiger partial charge in [-0.1, -0.05) is 18.6 Å². The number of hydrogen-bond donors (Lipinski definition) is 1. The van der Waals surface area contributed by atoms with Crippen molar-refractivity contribution in [3.05, 3.63) is 33.4 Å². The lowest BCUT2D eigenvalue weighted by atomic mass is 9.76. The second-order valence-electron chi connectivity index (χ2n) is 5.48. The van der Waals surface area contributed by atoms with Gasteiger partial charge in [-0.15, -0.1) is 24.8 Å². The van der Waals surface area contributed by atoms with Gasteiger partial charge in [-0.2, -0.15) is 0 Å². The average Bonchev–Trinajstić information content (AvgIpc) is 2.34. The molecular formula is C15H23Cl2IN2. The number of rotatable bonds is 3. The summed E-state index contributed by atoms with van der Waals surface area (Å²) in [7, 11) is 0. The van der Waals surface area contributed by atoms with Gasteiger partial charge in [-0.05, 0) is 59.0 Å². The summed E-state index contributed by atoms with van der Waals surface area (Å²) in [5, 5.41) is 3.46. The lowest BCUT2D eigenvalue weighted by molar-refractivity contribution is 0.0837. The molecule has 2 fully saturated rings. The van der Waals surface area contributed by atoms with E-state index in [2.05, 4.69) is 57.1 Å². The highest BCUT2D eigenvalue weighted by Crippen LogP contribution is 2.41. The number of nitrogens with one attached hydrogen (secondary N) is 1. The summed E-state index contributed by atoms with van der Waals surface area (Å²) < 4.78 is 1.37. The fourth-order valence-electron chi connectivity index (χ4n) is 3.19. The molecule has 20 heavy (non-hydrogen) atoms. The van der Waals surface area contributed by atoms with Crippen LogP contribution in [-0.4, -0.2) is 31.1 Å². The van der Waals surface area contributed by atoms with E-state index in [9.17, 15) is 0 Å². The van der Waals surface area contributed by atoms with Gasteiger partial charge in [0.1, 0.15) is 0 Å². The molecule has 0 unspecified atom stereocenters. The second-order valence-corrected chi connectivity index (χ2v) is 6.72. The van der Waals surface area contributed by atoms with Crippen LogP contribution in [-0.2, 0) is 0 Å². The minimum atomic E-state index is 0. The van der Waals surface area contributed by atoms with Crippen molar-refractivity contribution in [1.29, 1.82) is 0 Å². The summed E-state index contributed by atoms with van der Waals surface area (Å²) in [6.45, 7) is 4.69. The molecule has 2 nitrogen and oxygen atoms in total. The van der Waals surface area contributed by atoms with Crippen molar-refractivity contribution in [3.63, 3.8) is 0 Å². The Balaban J connectivity index is 0.000001000. The van der Waals surface area contributed by atoms with Gasteiger partial charge in [-0.3, -0.25) is 4.90 Å². The van der Waals surface area contributed by atoms with Crippen LogP contribution in [0.1, 0.15) is 30.9 Å². The third-order valence-corrected chi connectivity index (χ3v) is 5.00. The summed E-state index contributed by atoms with van der Waals surface area (Å²) in [5.74, 6) is 0.890. The number of hydrogen-bond acceptors (Lipinski definition) is 2. The molecule has 1 atom stereocenters. The maximum Gasteiger partial charge on any atom is 0.0377 e. The lowest BCUT2D eigenvalue weighted by Gasteiger charge is -2.43. The van der Waals surface area contributed by atoms with Crippen molar-refractivity contribution in [2.24, 2.45) is 5.92 Å². The Morgan fingerprint density at radius 1 is 1.15 bits per heavy atom. The average molecular weight is 429 g/mol. The first-order valence-corrected chi connectivity index (χ1v) is 8.13. The molecule has 0 amide bonds. The molecule has 1 saturated carbocycles. The Hall–Kier alpha value is 0.450. The molecule has 114 valence electrons. The van der Waals surface area contributed by atoms with Crippen LogP contribution in [0.4, 0.5) is 0 Å². The first kappa shape index (κ1) is 18.5. The van der Waals surface area contributed by atoms with Crippen LogP contribution >= 0.6 is 47.4 Å². The third kappa shape index (κ3) is 4.23. The first-order chi connectivity index (χ1) is 8.84. The predicted octanol–water partition coefficient (Wildman–Crippen LogP) is 3.88. The Morgan fingerprint density at radius 2 is 1.85 bits per heavy atom. The highest BCUT2D eigenvalue weighted by Gasteiger charge is 2.33. The summed E-state index contributed by atoms with van der Waals surface area (Å²) in [6, 6.07) is 9.78. The fraction of sp³-hybridized carbons (Fsp3) is 0.600. The van der Waals surface area contributed by atoms with E-state index in [4.69, 9.17) is 0 Å². The minimum Gasteiger partial charge on any atom is -0.314 e. The van der Waals surface area contributed by atoms with Gasteiger partial charge < -0.3 is 5.32 Å². The van der Waals surface area contributed by atoms with Crippen LogP contribution in [0, 0.1) is 9.49 Å². The molecule has 1 saturated heterocycles. The first-order valence-electron chi connectivity index (χ1n) is 7.05. The van der Waals surface area contributed by atoms with Crippen molar-refractivity contribution in [2.75, 3.05) is 26.2 Å². The molecule has 0 radical (unpaired) electrons. The highest BCUT2D eigenvalue weighted by molar-refractivity contribution is 14.1. The monoisotopic (exact) mass is 428 g/mol. The predicted molar refractivity (Wildman–Crippen MR) is 98.2 cm³/mol. The zero-order valence-corrected chi connectivity index (χ0v) is 15.3. The number of piperazine rings is 1. The molecule has 0 aromatic heterocycles. The topological polar surface area (TPSA) is 15.3 Å². The van der Waals surface area contributed by atoms with E-state index in [0.29, 0.717) is 6.04 Å². The minimum absolute atomic E-state index is 0. The highest BCUT2D eigenvalue weighted by atomic mass is 127. The quantitative estimate of drug-likeness (QED) is 0.735. The SMILES string of the molecule is Cl.Cl.Ic1cccc([C@@H](C2CCC2)N2CCNCC2)c1. The molecule has 1 aromatic carbocycles. The molecule has 1 aliphatic heterocycles. The van der Waals surface area contributed by atoms with Gasteiger partial charge in [0.25, 0.3) is 0 Å². The fourth-order valence-corrected chi connectivity index (χ4v) is 3.75. The van der Waals surface area contributed by atoms with Crippen molar-refractivity contribution >= 4 is 47.4 Å². The maximum absolute atomic E-state index is 3.46. The molecule has 3 rings (SSSR count). The molecule has 1 aromatic rings. The molecule has 2 aliphatic rings. The number of benzene rings is 1. The van der Waals surface area contributed by atoms with E-state index in [1.807, 2.05) is 0 Å². The maximum atomic E-state index is 3.46. The Morgan fingerprint density at radius 3 is 2.40 bits per heavy atom. The van der Waals surface area contributed by atoms with Gasteiger partial charge in [0.2, 0.25) is 0 Å². The van der Waals surface area contributed by atoms with E-state index in [0.717, 1.165) is 19.0 Å². The summed E-state index contributed by atoms with van der Waals surface area (Å²) in [4.78, 5) is 2.70. The molecule has 1 aliphatic carbocycles. The van der Waals surface area contributed by atoms with Gasteiger partial charge in [0.15, 0.2) is 0 Å². The van der Waals surface area contributed by atoms with Gasteiger partial charge >= 0.3 is 0 Å². The van der Waals surface area contributed by atoms with E-state index in [1.165, 1.54) is 41.5 Å².